The molecule has 2 aliphatic carbocycles. The van der Waals surface area contributed by atoms with E-state index in [1.165, 1.54) is 12.8 Å². The molecule has 0 aromatic carbocycles. The monoisotopic (exact) mass is 148 g/mol. The van der Waals surface area contributed by atoms with Crippen molar-refractivity contribution in [1.29, 1.82) is 0 Å². The maximum atomic E-state index is 2.40. The molecule has 2 unspecified atom stereocenters. The fourth-order valence-electron chi connectivity index (χ4n) is 2.75. The van der Waals surface area contributed by atoms with Gasteiger partial charge in [0.25, 0.3) is 0 Å². The van der Waals surface area contributed by atoms with Gasteiger partial charge < -0.3 is 0 Å². The van der Waals surface area contributed by atoms with Crippen LogP contribution in [0.5, 0.6) is 0 Å². The van der Waals surface area contributed by atoms with Gasteiger partial charge in [0.05, 0.1) is 0 Å². The van der Waals surface area contributed by atoms with Crippen molar-refractivity contribution in [3.05, 3.63) is 23.8 Å². The van der Waals surface area contributed by atoms with Gasteiger partial charge in [-0.3, -0.25) is 0 Å². The average molecular weight is 148 g/mol. The Hall–Kier alpha value is -0.520. The van der Waals surface area contributed by atoms with E-state index >= 15 is 0 Å². The van der Waals surface area contributed by atoms with E-state index in [2.05, 4.69) is 39.0 Å². The fraction of sp³-hybridized carbons (Fsp3) is 0.636. The van der Waals surface area contributed by atoms with E-state index < -0.39 is 0 Å². The summed E-state index contributed by atoms with van der Waals surface area (Å²) in [4.78, 5) is 0. The number of hydrogen-bond donors (Lipinski definition) is 0. The Bertz CT molecular complexity index is 247. The van der Waals surface area contributed by atoms with Crippen molar-refractivity contribution in [2.45, 2.75) is 33.6 Å². The van der Waals surface area contributed by atoms with Gasteiger partial charge in [-0.15, -0.1) is 0 Å². The van der Waals surface area contributed by atoms with Gasteiger partial charge in [0.2, 0.25) is 0 Å². The van der Waals surface area contributed by atoms with Gasteiger partial charge in [0.1, 0.15) is 0 Å². The molecule has 0 saturated heterocycles. The second-order valence-corrected chi connectivity index (χ2v) is 4.57. The zero-order valence-electron chi connectivity index (χ0n) is 7.65. The van der Waals surface area contributed by atoms with E-state index in [9.17, 15) is 0 Å². The lowest BCUT2D eigenvalue weighted by Crippen LogP contribution is -2.07. The first-order valence-corrected chi connectivity index (χ1v) is 4.44. The predicted octanol–water partition coefficient (Wildman–Crippen LogP) is 3.31. The average Bonchev–Trinajstić information content (AvgIpc) is 2.36. The Labute approximate surface area is 69.0 Å². The molecule has 0 heteroatoms. The van der Waals surface area contributed by atoms with Gasteiger partial charge in [-0.1, -0.05) is 37.6 Å². The van der Waals surface area contributed by atoms with Crippen LogP contribution >= 0.6 is 0 Å². The molecule has 1 fully saturated rings. The molecule has 0 radical (unpaired) electrons. The van der Waals surface area contributed by atoms with Gasteiger partial charge in [-0.05, 0) is 25.2 Å². The highest BCUT2D eigenvalue weighted by molar-refractivity contribution is 5.36. The Morgan fingerprint density at radius 1 is 1.36 bits per heavy atom. The summed E-state index contributed by atoms with van der Waals surface area (Å²) in [5.74, 6) is 0. The third-order valence-corrected chi connectivity index (χ3v) is 3.30. The minimum atomic E-state index is 0.420. The second kappa shape index (κ2) is 1.80. The molecular weight excluding hydrogens is 132 g/mol. The van der Waals surface area contributed by atoms with Crippen LogP contribution in [0.3, 0.4) is 0 Å². The lowest BCUT2D eigenvalue weighted by Gasteiger charge is -2.20. The van der Waals surface area contributed by atoms with Crippen LogP contribution in [0.15, 0.2) is 23.8 Å². The minimum absolute atomic E-state index is 0.420. The Balaban J connectivity index is 2.45. The molecule has 2 bridgehead atoms. The summed E-state index contributed by atoms with van der Waals surface area (Å²) in [5.41, 5.74) is 2.56. The standard InChI is InChI=1S/C11H16/c1-4-9-7-10(2)5-6-11(9,3)8-10/h4-6H,7-8H2,1-3H3. The van der Waals surface area contributed by atoms with Gasteiger partial charge in [-0.25, -0.2) is 0 Å². The molecule has 0 heterocycles. The molecule has 0 aromatic heterocycles. The Morgan fingerprint density at radius 3 is 2.36 bits per heavy atom. The highest BCUT2D eigenvalue weighted by Gasteiger charge is 2.47. The minimum Gasteiger partial charge on any atom is -0.0876 e. The molecule has 60 valence electrons. The summed E-state index contributed by atoms with van der Waals surface area (Å²) in [6.45, 7) is 6.89. The van der Waals surface area contributed by atoms with Gasteiger partial charge in [-0.2, -0.15) is 0 Å². The second-order valence-electron chi connectivity index (χ2n) is 4.57. The molecule has 2 aliphatic rings. The normalized spacial score (nSPS) is 51.0. The first-order valence-electron chi connectivity index (χ1n) is 4.44. The molecule has 0 spiro atoms. The molecule has 0 aromatic rings. The van der Waals surface area contributed by atoms with Crippen LogP contribution in [0.25, 0.3) is 0 Å². The van der Waals surface area contributed by atoms with Crippen molar-refractivity contribution in [3.8, 4) is 0 Å². The Kier molecular flexibility index (Phi) is 1.17. The fourth-order valence-corrected chi connectivity index (χ4v) is 2.75. The number of rotatable bonds is 0. The van der Waals surface area contributed by atoms with Crippen LogP contribution in [-0.2, 0) is 0 Å². The lowest BCUT2D eigenvalue weighted by atomic mass is 9.85. The molecule has 0 N–H and O–H groups in total. The zero-order valence-corrected chi connectivity index (χ0v) is 7.65. The summed E-state index contributed by atoms with van der Waals surface area (Å²) >= 11 is 0. The van der Waals surface area contributed by atoms with Crippen LogP contribution in [-0.4, -0.2) is 0 Å². The van der Waals surface area contributed by atoms with Crippen LogP contribution in [0.2, 0.25) is 0 Å². The highest BCUT2D eigenvalue weighted by Crippen LogP contribution is 2.59. The summed E-state index contributed by atoms with van der Waals surface area (Å²) in [6, 6.07) is 0. The van der Waals surface area contributed by atoms with E-state index in [0.717, 1.165) is 0 Å². The zero-order chi connectivity index (χ0) is 8.11. The van der Waals surface area contributed by atoms with Crippen molar-refractivity contribution in [3.63, 3.8) is 0 Å². The van der Waals surface area contributed by atoms with Gasteiger partial charge >= 0.3 is 0 Å². The third-order valence-electron chi connectivity index (χ3n) is 3.30. The van der Waals surface area contributed by atoms with E-state index in [1.807, 2.05) is 0 Å². The van der Waals surface area contributed by atoms with Crippen molar-refractivity contribution in [1.82, 2.24) is 0 Å². The van der Waals surface area contributed by atoms with Crippen LogP contribution in [0.4, 0.5) is 0 Å². The molecule has 2 rings (SSSR count). The first kappa shape index (κ1) is 7.15. The maximum absolute atomic E-state index is 2.40. The van der Waals surface area contributed by atoms with E-state index in [-0.39, 0.29) is 0 Å². The summed E-state index contributed by atoms with van der Waals surface area (Å²) in [7, 11) is 0. The van der Waals surface area contributed by atoms with Crippen molar-refractivity contribution in [2.75, 3.05) is 0 Å². The summed E-state index contributed by atoms with van der Waals surface area (Å²) in [5, 5.41) is 0. The Morgan fingerprint density at radius 2 is 2.09 bits per heavy atom. The van der Waals surface area contributed by atoms with E-state index in [0.29, 0.717) is 10.8 Å². The molecular formula is C11H16. The van der Waals surface area contributed by atoms with Gasteiger partial charge in [0, 0.05) is 5.41 Å². The molecule has 2 atom stereocenters. The van der Waals surface area contributed by atoms with Crippen LogP contribution in [0, 0.1) is 10.8 Å². The SMILES string of the molecule is CC=C1CC2(C)C=CC1(C)C2. The van der Waals surface area contributed by atoms with Crippen LogP contribution in [0.1, 0.15) is 33.6 Å². The van der Waals surface area contributed by atoms with Crippen molar-refractivity contribution in [2.24, 2.45) is 10.8 Å². The third kappa shape index (κ3) is 0.817. The maximum Gasteiger partial charge on any atom is 0.00711 e. The lowest BCUT2D eigenvalue weighted by molar-refractivity contribution is 0.420. The number of hydrogen-bond acceptors (Lipinski definition) is 0. The van der Waals surface area contributed by atoms with Gasteiger partial charge in [0.15, 0.2) is 0 Å². The molecule has 0 nitrogen and oxygen atoms in total. The molecule has 11 heavy (non-hydrogen) atoms. The largest absolute Gasteiger partial charge is 0.0876 e. The van der Waals surface area contributed by atoms with E-state index in [1.54, 1.807) is 5.57 Å². The molecule has 0 aliphatic heterocycles. The number of allylic oxidation sites excluding steroid dienone is 4. The van der Waals surface area contributed by atoms with E-state index in [4.69, 9.17) is 0 Å². The van der Waals surface area contributed by atoms with Crippen LogP contribution < -0.4 is 0 Å². The summed E-state index contributed by atoms with van der Waals surface area (Å²) < 4.78 is 0. The topological polar surface area (TPSA) is 0 Å². The van der Waals surface area contributed by atoms with Crippen molar-refractivity contribution >= 4 is 0 Å². The predicted molar refractivity (Wildman–Crippen MR) is 48.3 cm³/mol. The molecule has 1 saturated carbocycles. The van der Waals surface area contributed by atoms with Crippen molar-refractivity contribution < 1.29 is 0 Å². The molecule has 0 amide bonds. The summed E-state index contributed by atoms with van der Waals surface area (Å²) in [6.07, 6.45) is 9.72. The first-order chi connectivity index (χ1) is 5.08. The number of fused-ring (bicyclic) bond motifs is 2. The quantitative estimate of drug-likeness (QED) is 0.462. The smallest absolute Gasteiger partial charge is 0.00711 e. The highest BCUT2D eigenvalue weighted by atomic mass is 14.5.